The average Bonchev–Trinajstić information content (AvgIpc) is 2.91. The second-order valence-corrected chi connectivity index (χ2v) is 12.3. The number of benzene rings is 1. The number of carboxylic acid groups (broad SMARTS) is 1. The van der Waals surface area contributed by atoms with Gasteiger partial charge in [0.1, 0.15) is 17.4 Å². The highest BCUT2D eigenvalue weighted by Gasteiger charge is 2.39. The number of halogens is 3. The van der Waals surface area contributed by atoms with Crippen LogP contribution in [0, 0.1) is 11.3 Å². The van der Waals surface area contributed by atoms with Crippen molar-refractivity contribution >= 4 is 27.6 Å². The first-order valence-corrected chi connectivity index (χ1v) is 14.5. The maximum Gasteiger partial charge on any atom is 0.418 e. The molecule has 0 spiro atoms. The maximum absolute atomic E-state index is 14.0. The molecule has 9 nitrogen and oxygen atoms in total. The lowest BCUT2D eigenvalue weighted by atomic mass is 9.82. The summed E-state index contributed by atoms with van der Waals surface area (Å²) in [5.74, 6) is -0.716. The van der Waals surface area contributed by atoms with Crippen molar-refractivity contribution in [3.63, 3.8) is 0 Å². The van der Waals surface area contributed by atoms with Crippen LogP contribution in [0.1, 0.15) is 39.2 Å². The molecule has 1 aliphatic rings. The van der Waals surface area contributed by atoms with Crippen LogP contribution in [0.5, 0.6) is 5.75 Å². The number of nitrogens with one attached hydrogen (secondary N) is 1. The molecule has 13 heteroatoms. The molecule has 1 aliphatic heterocycles. The molecule has 0 bridgehead atoms. The van der Waals surface area contributed by atoms with Crippen LogP contribution in [-0.2, 0) is 21.0 Å². The highest BCUT2D eigenvalue weighted by molar-refractivity contribution is 7.92. The van der Waals surface area contributed by atoms with E-state index in [4.69, 9.17) is 4.74 Å². The number of aliphatic carboxylic acids is 1. The molecule has 4 rings (SSSR count). The van der Waals surface area contributed by atoms with Crippen molar-refractivity contribution in [2.45, 2.75) is 44.8 Å². The molecule has 1 aromatic carbocycles. The highest BCUT2D eigenvalue weighted by atomic mass is 32.2. The van der Waals surface area contributed by atoms with Gasteiger partial charge in [-0.2, -0.15) is 21.6 Å². The van der Waals surface area contributed by atoms with Crippen LogP contribution in [0.25, 0.3) is 11.3 Å². The van der Waals surface area contributed by atoms with Crippen LogP contribution >= 0.6 is 0 Å². The second kappa shape index (κ2) is 11.6. The minimum atomic E-state index is -4.76. The number of aromatic nitrogens is 2. The molecule has 3 aromatic rings. The number of sulfonamides is 1. The van der Waals surface area contributed by atoms with Crippen LogP contribution in [0.4, 0.5) is 24.8 Å². The Morgan fingerprint density at radius 3 is 2.54 bits per heavy atom. The molecule has 2 N–H and O–H groups in total. The van der Waals surface area contributed by atoms with E-state index in [2.05, 4.69) is 14.7 Å². The van der Waals surface area contributed by atoms with Crippen LogP contribution < -0.4 is 14.4 Å². The van der Waals surface area contributed by atoms with Crippen molar-refractivity contribution in [2.24, 2.45) is 11.3 Å². The summed E-state index contributed by atoms with van der Waals surface area (Å²) >= 11 is 0. The van der Waals surface area contributed by atoms with Gasteiger partial charge in [-0.25, -0.2) is 9.97 Å². The number of piperidine rings is 1. The predicted molar refractivity (Wildman–Crippen MR) is 147 cm³/mol. The van der Waals surface area contributed by atoms with E-state index in [1.807, 2.05) is 13.8 Å². The fourth-order valence-corrected chi connectivity index (χ4v) is 5.49. The molecule has 3 heterocycles. The Morgan fingerprint density at radius 1 is 1.12 bits per heavy atom. The summed E-state index contributed by atoms with van der Waals surface area (Å²) in [6.07, 6.45) is -3.70. The fourth-order valence-electron chi connectivity index (χ4n) is 4.52. The number of carboxylic acids is 1. The first-order chi connectivity index (χ1) is 19.2. The Labute approximate surface area is 236 Å². The van der Waals surface area contributed by atoms with Gasteiger partial charge in [-0.3, -0.25) is 9.52 Å². The van der Waals surface area contributed by atoms with Crippen molar-refractivity contribution in [3.05, 3.63) is 60.2 Å². The van der Waals surface area contributed by atoms with E-state index in [0.29, 0.717) is 19.4 Å². The summed E-state index contributed by atoms with van der Waals surface area (Å²) in [6.45, 7) is 6.33. The number of anilines is 2. The lowest BCUT2D eigenvalue weighted by Gasteiger charge is -2.38. The molecular formula is C28H31F3N4O5S. The first kappa shape index (κ1) is 30.1. The number of rotatable bonds is 9. The third-order valence-electron chi connectivity index (χ3n) is 6.67. The standard InChI is InChI=1S/C28H31F3N4O5S/c1-18(2)16-40-21-9-5-4-8-19(21)25-20(28(29,30)31)12-13-22(32-25)34-41(38,39)24-11-6-10-23(33-24)35-15-7-14-27(3,17-35)26(36)37/h4-6,8-13,18H,7,14-17H2,1-3H3,(H,32,34)(H,36,37)/t27-/m1/s1. The number of hydrogen-bond acceptors (Lipinski definition) is 7. The van der Waals surface area contributed by atoms with E-state index in [1.165, 1.54) is 24.3 Å². The summed E-state index contributed by atoms with van der Waals surface area (Å²) in [6, 6.07) is 12.1. The Morgan fingerprint density at radius 2 is 1.85 bits per heavy atom. The number of alkyl halides is 3. The lowest BCUT2D eigenvalue weighted by Crippen LogP contribution is -2.46. The van der Waals surface area contributed by atoms with Crippen molar-refractivity contribution in [3.8, 4) is 17.0 Å². The van der Waals surface area contributed by atoms with E-state index >= 15 is 0 Å². The Balaban J connectivity index is 1.68. The quantitative estimate of drug-likeness (QED) is 0.325. The topological polar surface area (TPSA) is 122 Å². The van der Waals surface area contributed by atoms with E-state index in [9.17, 15) is 31.5 Å². The summed E-state index contributed by atoms with van der Waals surface area (Å²) in [5.41, 5.74) is -2.48. The van der Waals surface area contributed by atoms with Gasteiger partial charge in [0.05, 0.1) is 23.3 Å². The largest absolute Gasteiger partial charge is 0.493 e. The molecule has 1 atom stereocenters. The number of nitrogens with zero attached hydrogens (tertiary/aromatic N) is 3. The molecule has 0 amide bonds. The molecule has 0 saturated carbocycles. The van der Waals surface area contributed by atoms with Gasteiger partial charge in [0.2, 0.25) is 0 Å². The zero-order valence-corrected chi connectivity index (χ0v) is 23.6. The Kier molecular flexibility index (Phi) is 8.48. The van der Waals surface area contributed by atoms with Gasteiger partial charge in [-0.15, -0.1) is 0 Å². The van der Waals surface area contributed by atoms with E-state index in [0.717, 1.165) is 12.1 Å². The van der Waals surface area contributed by atoms with E-state index in [-0.39, 0.29) is 47.0 Å². The zero-order chi connectivity index (χ0) is 30.0. The van der Waals surface area contributed by atoms with Crippen LogP contribution in [0.15, 0.2) is 59.6 Å². The first-order valence-electron chi connectivity index (χ1n) is 13.0. The van der Waals surface area contributed by atoms with Gasteiger partial charge in [-0.05, 0) is 62.1 Å². The molecule has 2 aromatic heterocycles. The number of para-hydroxylation sites is 1. The third-order valence-corrected chi connectivity index (χ3v) is 7.93. The Hall–Kier alpha value is -3.87. The molecule has 41 heavy (non-hydrogen) atoms. The maximum atomic E-state index is 14.0. The van der Waals surface area contributed by atoms with Gasteiger partial charge >= 0.3 is 12.1 Å². The van der Waals surface area contributed by atoms with Crippen molar-refractivity contribution < 1.29 is 36.2 Å². The van der Waals surface area contributed by atoms with Crippen LogP contribution in [-0.4, -0.2) is 49.2 Å². The molecule has 1 saturated heterocycles. The minimum Gasteiger partial charge on any atom is -0.493 e. The number of hydrogen-bond donors (Lipinski definition) is 2. The summed E-state index contributed by atoms with van der Waals surface area (Å²) in [4.78, 5) is 21.8. The minimum absolute atomic E-state index is 0.0632. The van der Waals surface area contributed by atoms with E-state index < -0.39 is 38.8 Å². The normalized spacial score (nSPS) is 17.9. The van der Waals surface area contributed by atoms with Gasteiger partial charge in [0, 0.05) is 18.7 Å². The summed E-state index contributed by atoms with van der Waals surface area (Å²) in [5, 5.41) is 9.23. The SMILES string of the molecule is CC(C)COc1ccccc1-c1nc(NS(=O)(=O)c2cccc(N3CCC[C@@](C)(C(=O)O)C3)n2)ccc1C(F)(F)F. The van der Waals surface area contributed by atoms with Crippen molar-refractivity contribution in [2.75, 3.05) is 29.3 Å². The summed E-state index contributed by atoms with van der Waals surface area (Å²) in [7, 11) is -4.38. The number of pyridine rings is 2. The van der Waals surface area contributed by atoms with Gasteiger partial charge in [-0.1, -0.05) is 32.0 Å². The van der Waals surface area contributed by atoms with Crippen LogP contribution in [0.2, 0.25) is 0 Å². The molecule has 220 valence electrons. The van der Waals surface area contributed by atoms with Crippen molar-refractivity contribution in [1.82, 2.24) is 9.97 Å². The molecule has 0 unspecified atom stereocenters. The smallest absolute Gasteiger partial charge is 0.418 e. The van der Waals surface area contributed by atoms with Gasteiger partial charge in [0.25, 0.3) is 10.0 Å². The Bertz CT molecular complexity index is 1530. The van der Waals surface area contributed by atoms with Crippen LogP contribution in [0.3, 0.4) is 0 Å². The lowest BCUT2D eigenvalue weighted by molar-refractivity contribution is -0.148. The zero-order valence-electron chi connectivity index (χ0n) is 22.8. The monoisotopic (exact) mass is 592 g/mol. The molecule has 0 radical (unpaired) electrons. The number of carbonyl (C=O) groups is 1. The predicted octanol–water partition coefficient (Wildman–Crippen LogP) is 5.69. The van der Waals surface area contributed by atoms with E-state index in [1.54, 1.807) is 30.0 Å². The fraction of sp³-hybridized carbons (Fsp3) is 0.393. The number of ether oxygens (including phenoxy) is 1. The van der Waals surface area contributed by atoms with Gasteiger partial charge < -0.3 is 14.7 Å². The molecule has 0 aliphatic carbocycles. The molecule has 1 fully saturated rings. The molecular weight excluding hydrogens is 561 g/mol. The second-order valence-electron chi connectivity index (χ2n) is 10.6. The van der Waals surface area contributed by atoms with Gasteiger partial charge in [0.15, 0.2) is 5.03 Å². The summed E-state index contributed by atoms with van der Waals surface area (Å²) < 4.78 is 76.4. The highest BCUT2D eigenvalue weighted by Crippen LogP contribution is 2.40. The third kappa shape index (κ3) is 6.89. The van der Waals surface area contributed by atoms with Crippen molar-refractivity contribution in [1.29, 1.82) is 0 Å². The average molecular weight is 593 g/mol.